The Labute approximate surface area is 552 Å². The van der Waals surface area contributed by atoms with Crippen LogP contribution in [-0.2, 0) is 76.5 Å². The zero-order chi connectivity index (χ0) is 72.2. The van der Waals surface area contributed by atoms with Crippen molar-refractivity contribution in [2.75, 3.05) is 26.3 Å². The summed E-state index contributed by atoms with van der Waals surface area (Å²) in [5.74, 6) is -11.7. The molecular weight excluding hydrogens is 1260 g/mol. The molecule has 0 spiro atoms. The summed E-state index contributed by atoms with van der Waals surface area (Å²) in [6.07, 6.45) is -15.3. The van der Waals surface area contributed by atoms with Gasteiger partial charge in [0.2, 0.25) is 65.0 Å². The molecule has 3 rings (SSSR count). The van der Waals surface area contributed by atoms with Crippen LogP contribution in [0.3, 0.4) is 0 Å². The van der Waals surface area contributed by atoms with Crippen LogP contribution in [0.4, 0.5) is 0 Å². The van der Waals surface area contributed by atoms with E-state index in [0.717, 1.165) is 6.92 Å². The maximum atomic E-state index is 14.3. The fourth-order valence-electron chi connectivity index (χ4n) is 10.6. The first kappa shape index (κ1) is 82.4. The molecule has 3 fully saturated rings. The molecule has 542 valence electrons. The van der Waals surface area contributed by atoms with E-state index in [1.165, 1.54) is 39.5 Å². The van der Waals surface area contributed by atoms with Crippen molar-refractivity contribution in [3.05, 3.63) is 0 Å². The highest BCUT2D eigenvalue weighted by molar-refractivity contribution is 5.98. The van der Waals surface area contributed by atoms with Crippen LogP contribution in [0.1, 0.15) is 129 Å². The van der Waals surface area contributed by atoms with Crippen LogP contribution in [0.25, 0.3) is 0 Å². The Kier molecular flexibility index (Phi) is 33.2. The third-order valence-corrected chi connectivity index (χ3v) is 16.5. The predicted octanol–water partition coefficient (Wildman–Crippen LogP) is -6.57. The van der Waals surface area contributed by atoms with Crippen molar-refractivity contribution in [3.8, 4) is 0 Å². The highest BCUT2D eigenvalue weighted by Crippen LogP contribution is 2.31. The van der Waals surface area contributed by atoms with Gasteiger partial charge in [-0.25, -0.2) is 4.79 Å². The van der Waals surface area contributed by atoms with Gasteiger partial charge in [-0.3, -0.25) is 52.7 Å². The summed E-state index contributed by atoms with van der Waals surface area (Å²) in [7, 11) is 0. The second-order valence-electron chi connectivity index (χ2n) is 25.8. The fourth-order valence-corrected chi connectivity index (χ4v) is 10.6. The third kappa shape index (κ3) is 23.8. The van der Waals surface area contributed by atoms with Gasteiger partial charge in [0.05, 0.1) is 19.3 Å². The molecule has 35 heteroatoms. The number of aliphatic hydroxyl groups excluding tert-OH is 6. The zero-order valence-electron chi connectivity index (χ0n) is 56.5. The molecule has 0 aromatic carbocycles. The van der Waals surface area contributed by atoms with Crippen LogP contribution in [0, 0.1) is 23.7 Å². The molecule has 0 aromatic heterocycles. The van der Waals surface area contributed by atoms with Crippen molar-refractivity contribution >= 4 is 70.9 Å². The monoisotopic (exact) mass is 1360 g/mol. The first-order chi connectivity index (χ1) is 44.3. The summed E-state index contributed by atoms with van der Waals surface area (Å²) in [5.41, 5.74) is 6.40. The lowest BCUT2D eigenvalue weighted by Gasteiger charge is -2.48. The summed E-state index contributed by atoms with van der Waals surface area (Å²) in [6.45, 7) is 19.5. The molecule has 35 nitrogen and oxygen atoms in total. The molecule has 0 bridgehead atoms. The Balaban J connectivity index is 1.64. The minimum Gasteiger partial charge on any atom is -0.480 e. The first-order valence-electron chi connectivity index (χ1n) is 32.1. The molecule has 95 heavy (non-hydrogen) atoms. The van der Waals surface area contributed by atoms with Gasteiger partial charge in [0.15, 0.2) is 12.6 Å². The summed E-state index contributed by atoms with van der Waals surface area (Å²) in [6, 6.07) is -14.4. The van der Waals surface area contributed by atoms with E-state index in [4.69, 9.17) is 24.7 Å². The molecule has 0 aromatic rings. The first-order valence-corrected chi connectivity index (χ1v) is 32.1. The summed E-state index contributed by atoms with van der Waals surface area (Å²) in [4.78, 5) is 160. The van der Waals surface area contributed by atoms with Crippen molar-refractivity contribution in [1.29, 1.82) is 0 Å². The number of nitrogens with one attached hydrogen (secondary N) is 10. The zero-order valence-corrected chi connectivity index (χ0v) is 56.5. The maximum Gasteiger partial charge on any atom is 0.326 e. The highest BCUT2D eigenvalue weighted by atomic mass is 16.7. The number of likely N-dealkylation sites (tertiary alicyclic amines) is 1. The number of aliphatic carboxylic acids is 1. The molecule has 0 unspecified atom stereocenters. The van der Waals surface area contributed by atoms with Crippen molar-refractivity contribution in [3.63, 3.8) is 0 Å². The number of aliphatic hydroxyl groups is 6. The largest absolute Gasteiger partial charge is 0.480 e. The van der Waals surface area contributed by atoms with Crippen molar-refractivity contribution in [2.24, 2.45) is 29.4 Å². The molecule has 3 saturated heterocycles. The maximum absolute atomic E-state index is 14.3. The SMILES string of the molecule is CC(=O)NCCCC[C@H](NC(=O)[C@H](C)NC(=O)[C@@H](NC(=O)[C@@H](NC(=O)[C@@H](NC(=O)[C@H](C)NC(=O)[C@H](C)NC(=O)[C@@H]1CCCN1C(=O)[C@@H](NC(=O)[C@@H](N)[C@@H](C)O[C@H]1O[C@H](CO)[C@H](O)[C@H](O[C@@H]2O[C@H](CO)[C@H](O)[C@H](O)[C@H]2O)[C@H]1NC(C)=O)C(C)C)C(C)C)C(C)C)C(C)C)C(=O)O. The Hall–Kier alpha value is -6.80. The van der Waals surface area contributed by atoms with Gasteiger partial charge < -0.3 is 118 Å². The number of unbranched alkanes of at least 4 members (excludes halogenated alkanes) is 1. The molecule has 11 amide bonds. The average molecular weight is 1360 g/mol. The molecule has 19 N–H and O–H groups in total. The van der Waals surface area contributed by atoms with Gasteiger partial charge in [0.25, 0.3) is 0 Å². The quantitative estimate of drug-likeness (QED) is 0.0262. The number of ether oxygens (including phenoxy) is 4. The third-order valence-electron chi connectivity index (χ3n) is 16.5. The van der Waals surface area contributed by atoms with E-state index in [-0.39, 0.29) is 25.3 Å². The smallest absolute Gasteiger partial charge is 0.326 e. The number of hydrogen-bond donors (Lipinski definition) is 18. The van der Waals surface area contributed by atoms with Gasteiger partial charge in [0.1, 0.15) is 109 Å². The van der Waals surface area contributed by atoms with Crippen LogP contribution in [0.15, 0.2) is 0 Å². The highest BCUT2D eigenvalue weighted by Gasteiger charge is 2.53. The Morgan fingerprint density at radius 1 is 0.537 bits per heavy atom. The molecule has 3 aliphatic rings. The van der Waals surface area contributed by atoms with Gasteiger partial charge in [0, 0.05) is 26.9 Å². The van der Waals surface area contributed by atoms with Crippen LogP contribution in [0.2, 0.25) is 0 Å². The van der Waals surface area contributed by atoms with Gasteiger partial charge in [-0.2, -0.15) is 0 Å². The minimum atomic E-state index is -1.94. The second kappa shape index (κ2) is 38.2. The number of rotatable bonds is 35. The number of nitrogens with two attached hydrogens (primary N) is 1. The summed E-state index contributed by atoms with van der Waals surface area (Å²) >= 11 is 0. The van der Waals surface area contributed by atoms with E-state index < -0.39 is 230 Å². The van der Waals surface area contributed by atoms with Crippen LogP contribution < -0.4 is 58.9 Å². The van der Waals surface area contributed by atoms with E-state index in [0.29, 0.717) is 25.8 Å². The Morgan fingerprint density at radius 3 is 1.48 bits per heavy atom. The molecule has 3 heterocycles. The standard InChI is InChI=1S/C60H104N12O23/c1-24(2)39(54(86)65-29(10)50(82)67-34(58(90)91)18-15-16-20-62-32(13)75)69-56(88)41(26(5)6)70-55(87)40(25(3)4)68-51(83)30(11)63-49(81)28(9)64-52(84)35-19-17-21-72(35)57(89)42(27(7)8)71-53(85)38(61)31(12)92-59-43(66-33(14)76)48(45(78)37(23-74)93-59)95-60-47(80)46(79)44(77)36(22-73)94-60/h24-31,34-48,59-60,73-74,77-80H,15-23,61H2,1-14H3,(H,62,75)(H,63,81)(H,64,84)(H,65,86)(H,66,76)(H,67,82)(H,68,83)(H,69,88)(H,70,87)(H,71,85)(H,90,91)/t28-,29-,30-,31+,34-,35-,36+,37+,38-,39-,40-,41-,42-,43+,44-,45-,46-,47+,48+,59-,60-/m0/s1. The lowest BCUT2D eigenvalue weighted by molar-refractivity contribution is -0.347. The van der Waals surface area contributed by atoms with Crippen LogP contribution in [-0.4, -0.2) is 266 Å². The topological polar surface area (TPSA) is 533 Å². The fraction of sp³-hybridized carbons (Fsp3) is 0.800. The van der Waals surface area contributed by atoms with Crippen molar-refractivity contribution < 1.29 is 112 Å². The number of nitrogens with zero attached hydrogens (tertiary/aromatic N) is 1. The predicted molar refractivity (Wildman–Crippen MR) is 333 cm³/mol. The van der Waals surface area contributed by atoms with Gasteiger partial charge in [-0.15, -0.1) is 0 Å². The van der Waals surface area contributed by atoms with Crippen molar-refractivity contribution in [2.45, 2.75) is 257 Å². The van der Waals surface area contributed by atoms with Gasteiger partial charge in [-0.05, 0) is 83.5 Å². The van der Waals surface area contributed by atoms with E-state index in [9.17, 15) is 93.3 Å². The van der Waals surface area contributed by atoms with Crippen LogP contribution >= 0.6 is 0 Å². The normalized spacial score (nSPS) is 26.0. The Bertz CT molecular complexity index is 2640. The number of carbonyl (C=O) groups is 12. The molecule has 21 atom stereocenters. The van der Waals surface area contributed by atoms with Gasteiger partial charge >= 0.3 is 5.97 Å². The molecule has 3 aliphatic heterocycles. The lowest BCUT2D eigenvalue weighted by atomic mass is 9.95. The summed E-state index contributed by atoms with van der Waals surface area (Å²) < 4.78 is 23.1. The van der Waals surface area contributed by atoms with E-state index >= 15 is 0 Å². The number of carboxylic acids is 1. The van der Waals surface area contributed by atoms with Crippen molar-refractivity contribution in [1.82, 2.24) is 58.1 Å². The molecule has 0 radical (unpaired) electrons. The minimum absolute atomic E-state index is 0.0518. The number of carbonyl (C=O) groups excluding carboxylic acids is 11. The van der Waals surface area contributed by atoms with E-state index in [2.05, 4.69) is 53.2 Å². The summed E-state index contributed by atoms with van der Waals surface area (Å²) in [5, 5.41) is 97.7. The number of amides is 11. The van der Waals surface area contributed by atoms with E-state index in [1.807, 2.05) is 0 Å². The lowest BCUT2D eigenvalue weighted by Crippen LogP contribution is -2.68. The van der Waals surface area contributed by atoms with Gasteiger partial charge in [-0.1, -0.05) is 55.4 Å². The Morgan fingerprint density at radius 2 is 0.989 bits per heavy atom. The average Bonchev–Trinajstić information content (AvgIpc) is 1.17. The van der Waals surface area contributed by atoms with E-state index in [1.54, 1.807) is 55.4 Å². The van der Waals surface area contributed by atoms with Crippen LogP contribution in [0.5, 0.6) is 0 Å². The number of hydrogen-bond acceptors (Lipinski definition) is 23. The number of carboxylic acid groups (broad SMARTS) is 1. The molecule has 0 saturated carbocycles. The second-order valence-corrected chi connectivity index (χ2v) is 25.8. The molecular formula is C60H104N12O23. The molecule has 0 aliphatic carbocycles.